The second-order valence-electron chi connectivity index (χ2n) is 6.13. The summed E-state index contributed by atoms with van der Waals surface area (Å²) in [5.41, 5.74) is 0.820. The molecule has 144 valence electrons. The van der Waals surface area contributed by atoms with Crippen molar-refractivity contribution in [1.29, 1.82) is 0 Å². The molecule has 8 heteroatoms. The molecular weight excluding hydrogens is 414 g/mol. The van der Waals surface area contributed by atoms with Crippen molar-refractivity contribution in [3.05, 3.63) is 62.5 Å². The maximum Gasteiger partial charge on any atom is 0.277 e. The summed E-state index contributed by atoms with van der Waals surface area (Å²) in [6.45, 7) is 4.14. The molecular formula is C19H22BrN3O4. The monoisotopic (exact) mass is 435 g/mol. The van der Waals surface area contributed by atoms with E-state index in [2.05, 4.69) is 15.9 Å². The van der Waals surface area contributed by atoms with E-state index in [4.69, 9.17) is 9.47 Å². The summed E-state index contributed by atoms with van der Waals surface area (Å²) in [5.74, 6) is -0.191. The molecule has 27 heavy (non-hydrogen) atoms. The molecule has 0 saturated carbocycles. The largest absolute Gasteiger partial charge is 0.482 e. The zero-order chi connectivity index (χ0) is 19.4. The number of methoxy groups -OCH3 is 1. The number of hydrogen-bond acceptors (Lipinski definition) is 5. The predicted molar refractivity (Wildman–Crippen MR) is 106 cm³/mol. The lowest BCUT2D eigenvalue weighted by Crippen LogP contribution is -2.55. The molecule has 0 saturated heterocycles. The lowest BCUT2D eigenvalue weighted by Gasteiger charge is -2.39. The Hall–Kier alpha value is -2.32. The van der Waals surface area contributed by atoms with Gasteiger partial charge in [0.05, 0.1) is 11.1 Å². The van der Waals surface area contributed by atoms with Gasteiger partial charge in [-0.05, 0) is 28.4 Å². The van der Waals surface area contributed by atoms with Crippen LogP contribution >= 0.6 is 15.9 Å². The third-order valence-electron chi connectivity index (χ3n) is 4.39. The van der Waals surface area contributed by atoms with Gasteiger partial charge in [-0.25, -0.2) is 0 Å². The number of benzene rings is 1. The molecule has 0 spiro atoms. The van der Waals surface area contributed by atoms with Crippen molar-refractivity contribution < 1.29 is 14.3 Å². The summed E-state index contributed by atoms with van der Waals surface area (Å²) in [7, 11) is 1.59. The highest BCUT2D eigenvalue weighted by molar-refractivity contribution is 9.10. The van der Waals surface area contributed by atoms with Gasteiger partial charge in [0.15, 0.2) is 11.4 Å². The van der Waals surface area contributed by atoms with E-state index >= 15 is 0 Å². The van der Waals surface area contributed by atoms with Crippen molar-refractivity contribution in [2.24, 2.45) is 0 Å². The average molecular weight is 436 g/mol. The zero-order valence-electron chi connectivity index (χ0n) is 15.4. The Bertz CT molecular complexity index is 869. The van der Waals surface area contributed by atoms with Gasteiger partial charge in [-0.15, -0.1) is 0 Å². The Labute approximate surface area is 166 Å². The molecule has 0 atom stereocenters. The van der Waals surface area contributed by atoms with Crippen LogP contribution in [0.3, 0.4) is 0 Å². The minimum atomic E-state index is -0.338. The highest BCUT2D eigenvalue weighted by Crippen LogP contribution is 2.24. The maximum absolute atomic E-state index is 13.1. The van der Waals surface area contributed by atoms with Gasteiger partial charge in [0.2, 0.25) is 5.43 Å². The molecule has 0 radical (unpaired) electrons. The number of carbonyl (C=O) groups is 1. The molecule has 0 bridgehead atoms. The van der Waals surface area contributed by atoms with E-state index in [1.165, 1.54) is 0 Å². The minimum absolute atomic E-state index is 0.0544. The first kappa shape index (κ1) is 19.4. The Kier molecular flexibility index (Phi) is 6.18. The fraction of sp³-hybridized carbons (Fsp3) is 0.368. The molecule has 3 rings (SSSR count). The Balaban J connectivity index is 2.02. The molecule has 0 unspecified atom stereocenters. The van der Waals surface area contributed by atoms with Crippen LogP contribution in [0.2, 0.25) is 0 Å². The summed E-state index contributed by atoms with van der Waals surface area (Å²) in [6.07, 6.45) is 1.63. The van der Waals surface area contributed by atoms with Crippen LogP contribution in [0.4, 0.5) is 0 Å². The summed E-state index contributed by atoms with van der Waals surface area (Å²) < 4.78 is 13.0. The van der Waals surface area contributed by atoms with Gasteiger partial charge in [0.1, 0.15) is 13.3 Å². The number of aromatic nitrogens is 1. The van der Waals surface area contributed by atoms with Crippen LogP contribution in [-0.2, 0) is 11.3 Å². The second-order valence-corrected chi connectivity index (χ2v) is 6.98. The third kappa shape index (κ3) is 4.01. The van der Waals surface area contributed by atoms with Crippen molar-refractivity contribution in [2.75, 3.05) is 38.5 Å². The molecule has 2 heterocycles. The van der Waals surface area contributed by atoms with Crippen LogP contribution in [-0.4, -0.2) is 49.0 Å². The molecule has 0 aliphatic carbocycles. The number of amides is 1. The lowest BCUT2D eigenvalue weighted by atomic mass is 10.2. The number of halogens is 1. The van der Waals surface area contributed by atoms with Crippen LogP contribution in [0.1, 0.15) is 23.0 Å². The van der Waals surface area contributed by atoms with Crippen molar-refractivity contribution in [3.8, 4) is 5.75 Å². The first-order valence-corrected chi connectivity index (χ1v) is 9.51. The van der Waals surface area contributed by atoms with E-state index < -0.39 is 0 Å². The van der Waals surface area contributed by atoms with E-state index in [1.54, 1.807) is 22.9 Å². The SMILES string of the molecule is CCN1CN(CCOC)C(=O)c2c(OCc3ccccc3)c(=O)c(Br)cn21. The van der Waals surface area contributed by atoms with E-state index in [0.29, 0.717) is 30.8 Å². The molecule has 1 aliphatic rings. The molecule has 2 aromatic rings. The Morgan fingerprint density at radius 2 is 1.93 bits per heavy atom. The van der Waals surface area contributed by atoms with Gasteiger partial charge < -0.3 is 14.4 Å². The van der Waals surface area contributed by atoms with Crippen LogP contribution < -0.4 is 15.2 Å². The maximum atomic E-state index is 13.1. The van der Waals surface area contributed by atoms with Crippen molar-refractivity contribution in [2.45, 2.75) is 13.5 Å². The fourth-order valence-electron chi connectivity index (χ4n) is 2.94. The standard InChI is InChI=1S/C19H22BrN3O4/c1-3-22-13-21(9-10-26-2)19(25)16-18(17(24)15(20)11-23(16)22)27-12-14-7-5-4-6-8-14/h4-8,11H,3,9-10,12-13H2,1-2H3. The van der Waals surface area contributed by atoms with Gasteiger partial charge in [0.25, 0.3) is 5.91 Å². The number of nitrogens with zero attached hydrogens (tertiary/aromatic N) is 3. The first-order valence-electron chi connectivity index (χ1n) is 8.72. The van der Waals surface area contributed by atoms with Crippen molar-refractivity contribution in [1.82, 2.24) is 9.58 Å². The minimum Gasteiger partial charge on any atom is -0.482 e. The van der Waals surface area contributed by atoms with Gasteiger partial charge in [-0.2, -0.15) is 0 Å². The van der Waals surface area contributed by atoms with Crippen molar-refractivity contribution >= 4 is 21.8 Å². The van der Waals surface area contributed by atoms with Gasteiger partial charge in [-0.3, -0.25) is 19.3 Å². The molecule has 1 aromatic carbocycles. The first-order chi connectivity index (χ1) is 13.1. The fourth-order valence-corrected chi connectivity index (χ4v) is 3.31. The average Bonchev–Trinajstić information content (AvgIpc) is 2.69. The number of ether oxygens (including phenoxy) is 2. The molecule has 0 N–H and O–H groups in total. The molecule has 1 amide bonds. The Morgan fingerprint density at radius 1 is 1.19 bits per heavy atom. The van der Waals surface area contributed by atoms with E-state index in [-0.39, 0.29) is 29.4 Å². The van der Waals surface area contributed by atoms with Gasteiger partial charge in [-0.1, -0.05) is 30.3 Å². The van der Waals surface area contributed by atoms with Crippen LogP contribution in [0.5, 0.6) is 5.75 Å². The summed E-state index contributed by atoms with van der Waals surface area (Å²) in [6, 6.07) is 9.53. The molecule has 7 nitrogen and oxygen atoms in total. The summed E-state index contributed by atoms with van der Waals surface area (Å²) in [5, 5.41) is 1.96. The number of pyridine rings is 1. The van der Waals surface area contributed by atoms with E-state index in [1.807, 2.05) is 42.3 Å². The second kappa shape index (κ2) is 8.58. The van der Waals surface area contributed by atoms with Gasteiger partial charge >= 0.3 is 0 Å². The molecule has 1 aromatic heterocycles. The smallest absolute Gasteiger partial charge is 0.277 e. The van der Waals surface area contributed by atoms with E-state index in [9.17, 15) is 9.59 Å². The number of fused-ring (bicyclic) bond motifs is 1. The number of carbonyl (C=O) groups excluding carboxylic acids is 1. The number of rotatable bonds is 7. The quantitative estimate of drug-likeness (QED) is 0.666. The molecule has 0 fully saturated rings. The van der Waals surface area contributed by atoms with E-state index in [0.717, 1.165) is 5.56 Å². The highest BCUT2D eigenvalue weighted by Gasteiger charge is 2.33. The third-order valence-corrected chi connectivity index (χ3v) is 4.95. The molecule has 1 aliphatic heterocycles. The summed E-state index contributed by atoms with van der Waals surface area (Å²) in [4.78, 5) is 27.5. The van der Waals surface area contributed by atoms with Crippen LogP contribution in [0.25, 0.3) is 0 Å². The van der Waals surface area contributed by atoms with Crippen LogP contribution in [0.15, 0.2) is 45.8 Å². The van der Waals surface area contributed by atoms with Crippen molar-refractivity contribution in [3.63, 3.8) is 0 Å². The highest BCUT2D eigenvalue weighted by atomic mass is 79.9. The summed E-state index contributed by atoms with van der Waals surface area (Å²) >= 11 is 3.30. The predicted octanol–water partition coefficient (Wildman–Crippen LogP) is 2.21. The van der Waals surface area contributed by atoms with Gasteiger partial charge in [0, 0.05) is 26.4 Å². The number of hydrogen-bond donors (Lipinski definition) is 0. The normalized spacial score (nSPS) is 13.7. The van der Waals surface area contributed by atoms with Crippen LogP contribution in [0, 0.1) is 0 Å². The lowest BCUT2D eigenvalue weighted by molar-refractivity contribution is 0.0621. The zero-order valence-corrected chi connectivity index (χ0v) is 16.9. The Morgan fingerprint density at radius 3 is 2.59 bits per heavy atom. The topological polar surface area (TPSA) is 64.0 Å².